The lowest BCUT2D eigenvalue weighted by Crippen LogP contribution is -2.25. The number of nitrogen functional groups attached to an aromatic ring is 1. The summed E-state index contributed by atoms with van der Waals surface area (Å²) in [4.78, 5) is 14.8. The van der Waals surface area contributed by atoms with E-state index in [2.05, 4.69) is 41.1 Å². The highest BCUT2D eigenvalue weighted by Crippen LogP contribution is 2.46. The number of nitrogens with two attached hydrogens (primary N) is 1. The molecule has 1 aliphatic heterocycles. The number of carbonyl (C=O) groups excluding carboxylic acids is 1. The Morgan fingerprint density at radius 1 is 1.38 bits per heavy atom. The molecule has 1 aromatic carbocycles. The Kier molecular flexibility index (Phi) is 4.40. The number of benzene rings is 1. The monoisotopic (exact) mass is 360 g/mol. The summed E-state index contributed by atoms with van der Waals surface area (Å²) in [6.45, 7) is 6.19. The first-order valence-corrected chi connectivity index (χ1v) is 9.35. The number of thioether (sulfide) groups is 1. The van der Waals surface area contributed by atoms with Crippen molar-refractivity contribution in [3.8, 4) is 0 Å². The molecule has 7 heteroatoms. The van der Waals surface area contributed by atoms with Gasteiger partial charge in [0.05, 0.1) is 5.25 Å². The molecule has 126 valence electrons. The molecule has 5 nitrogen and oxygen atoms in total. The zero-order chi connectivity index (χ0) is 17.5. The fraction of sp³-hybridized carbons (Fsp3) is 0.353. The number of carbonyl (C=O) groups is 1. The van der Waals surface area contributed by atoms with Crippen molar-refractivity contribution in [3.63, 3.8) is 0 Å². The number of hydrogen-bond acceptors (Lipinski definition) is 7. The van der Waals surface area contributed by atoms with Gasteiger partial charge in [-0.05, 0) is 18.6 Å². The number of fused-ring (bicyclic) bond motifs is 1. The Morgan fingerprint density at radius 2 is 2.08 bits per heavy atom. The average Bonchev–Trinajstić information content (AvgIpc) is 3.03. The molecule has 1 aliphatic rings. The van der Waals surface area contributed by atoms with Gasteiger partial charge in [0.15, 0.2) is 10.1 Å². The topological polar surface area (TPSA) is 72.1 Å². The molecule has 0 saturated heterocycles. The Labute approximate surface area is 150 Å². The van der Waals surface area contributed by atoms with Crippen LogP contribution in [0.5, 0.6) is 0 Å². The van der Waals surface area contributed by atoms with Gasteiger partial charge in [-0.2, -0.15) is 0 Å². The van der Waals surface area contributed by atoms with Crippen LogP contribution in [0.4, 0.5) is 10.8 Å². The molecule has 0 spiro atoms. The first kappa shape index (κ1) is 17.0. The lowest BCUT2D eigenvalue weighted by Gasteiger charge is -2.24. The quantitative estimate of drug-likeness (QED) is 0.665. The van der Waals surface area contributed by atoms with Gasteiger partial charge in [-0.25, -0.2) is 0 Å². The van der Waals surface area contributed by atoms with Crippen LogP contribution in [0.1, 0.15) is 26.3 Å². The molecule has 3 rings (SSSR count). The van der Waals surface area contributed by atoms with E-state index in [0.29, 0.717) is 9.47 Å². The molecule has 2 heterocycles. The Morgan fingerprint density at radius 3 is 2.71 bits per heavy atom. The minimum atomic E-state index is -0.238. The van der Waals surface area contributed by atoms with Crippen LogP contribution in [0.15, 0.2) is 40.4 Å². The highest BCUT2D eigenvalue weighted by Gasteiger charge is 2.38. The SMILES string of the molecule is CC(Sc1nnc(N)s1)C(=O)/C=C1/N(C)c2ccccc2C1(C)C. The van der Waals surface area contributed by atoms with E-state index in [0.717, 1.165) is 11.4 Å². The maximum absolute atomic E-state index is 12.7. The average molecular weight is 361 g/mol. The van der Waals surface area contributed by atoms with Crippen molar-refractivity contribution in [2.24, 2.45) is 0 Å². The summed E-state index contributed by atoms with van der Waals surface area (Å²) >= 11 is 2.69. The van der Waals surface area contributed by atoms with Gasteiger partial charge < -0.3 is 10.6 Å². The Bertz CT molecular complexity index is 812. The molecule has 0 aliphatic carbocycles. The largest absolute Gasteiger partial charge is 0.374 e. The van der Waals surface area contributed by atoms with E-state index in [1.54, 1.807) is 6.08 Å². The van der Waals surface area contributed by atoms with E-state index < -0.39 is 0 Å². The highest BCUT2D eigenvalue weighted by molar-refractivity contribution is 8.02. The summed E-state index contributed by atoms with van der Waals surface area (Å²) in [7, 11) is 2.01. The van der Waals surface area contributed by atoms with Crippen LogP contribution in [-0.4, -0.2) is 28.3 Å². The fourth-order valence-corrected chi connectivity index (χ4v) is 4.79. The molecule has 0 saturated carbocycles. The van der Waals surface area contributed by atoms with Gasteiger partial charge in [0.1, 0.15) is 0 Å². The third-order valence-corrected chi connectivity index (χ3v) is 6.27. The molecule has 2 N–H and O–H groups in total. The zero-order valence-corrected chi connectivity index (χ0v) is 15.7. The third kappa shape index (κ3) is 2.93. The smallest absolute Gasteiger partial charge is 0.203 e. The molecule has 1 unspecified atom stereocenters. The van der Waals surface area contributed by atoms with E-state index in [1.165, 1.54) is 28.7 Å². The predicted molar refractivity (Wildman–Crippen MR) is 101 cm³/mol. The summed E-state index contributed by atoms with van der Waals surface area (Å²) in [5, 5.41) is 7.94. The molecule has 0 radical (unpaired) electrons. The number of rotatable bonds is 4. The number of aromatic nitrogens is 2. The second-order valence-electron chi connectivity index (χ2n) is 6.30. The van der Waals surface area contributed by atoms with Gasteiger partial charge in [0.2, 0.25) is 5.13 Å². The van der Waals surface area contributed by atoms with Gasteiger partial charge in [0, 0.05) is 29.9 Å². The van der Waals surface area contributed by atoms with Crippen molar-refractivity contribution in [2.45, 2.75) is 35.8 Å². The van der Waals surface area contributed by atoms with Gasteiger partial charge in [-0.1, -0.05) is 55.1 Å². The molecular formula is C17H20N4OS2. The van der Waals surface area contributed by atoms with Crippen molar-refractivity contribution < 1.29 is 4.79 Å². The van der Waals surface area contributed by atoms with Gasteiger partial charge in [-0.3, -0.25) is 4.79 Å². The summed E-state index contributed by atoms with van der Waals surface area (Å²) in [5.41, 5.74) is 8.80. The lowest BCUT2D eigenvalue weighted by atomic mass is 9.83. The number of anilines is 2. The predicted octanol–water partition coefficient (Wildman–Crippen LogP) is 3.48. The van der Waals surface area contributed by atoms with Crippen molar-refractivity contribution in [1.29, 1.82) is 0 Å². The second kappa shape index (κ2) is 6.22. The van der Waals surface area contributed by atoms with Crippen LogP contribution >= 0.6 is 23.1 Å². The molecule has 0 amide bonds. The van der Waals surface area contributed by atoms with E-state index in [9.17, 15) is 4.79 Å². The summed E-state index contributed by atoms with van der Waals surface area (Å²) in [5.74, 6) is 0.0662. The van der Waals surface area contributed by atoms with Gasteiger partial charge >= 0.3 is 0 Å². The van der Waals surface area contributed by atoms with Crippen LogP contribution in [0, 0.1) is 0 Å². The highest BCUT2D eigenvalue weighted by atomic mass is 32.2. The van der Waals surface area contributed by atoms with Crippen LogP contribution in [0.25, 0.3) is 0 Å². The standard InChI is InChI=1S/C17H20N4OS2/c1-10(23-16-20-19-15(18)24-16)13(22)9-14-17(2,3)11-7-5-6-8-12(11)21(14)4/h5-10H,1-4H3,(H2,18,19)/b14-9+. The van der Waals surface area contributed by atoms with E-state index in [4.69, 9.17) is 5.73 Å². The molecular weight excluding hydrogens is 340 g/mol. The van der Waals surface area contributed by atoms with Crippen molar-refractivity contribution in [3.05, 3.63) is 41.6 Å². The molecule has 2 aromatic rings. The van der Waals surface area contributed by atoms with Gasteiger partial charge in [-0.15, -0.1) is 10.2 Å². The fourth-order valence-electron chi connectivity index (χ4n) is 2.99. The summed E-state index contributed by atoms with van der Waals surface area (Å²) in [6.07, 6.45) is 1.77. The molecule has 1 atom stereocenters. The molecule has 0 bridgehead atoms. The second-order valence-corrected chi connectivity index (χ2v) is 8.90. The third-order valence-electron chi connectivity index (χ3n) is 4.32. The zero-order valence-electron chi connectivity index (χ0n) is 14.1. The summed E-state index contributed by atoms with van der Waals surface area (Å²) < 4.78 is 0.717. The minimum Gasteiger partial charge on any atom is -0.374 e. The van der Waals surface area contributed by atoms with Crippen LogP contribution in [0.3, 0.4) is 0 Å². The van der Waals surface area contributed by atoms with Crippen molar-refractivity contribution >= 4 is 39.7 Å². The molecule has 0 fully saturated rings. The van der Waals surface area contributed by atoms with Gasteiger partial charge in [0.25, 0.3) is 0 Å². The number of nitrogens with zero attached hydrogens (tertiary/aromatic N) is 3. The van der Waals surface area contributed by atoms with E-state index in [-0.39, 0.29) is 16.4 Å². The number of allylic oxidation sites excluding steroid dienone is 2. The van der Waals surface area contributed by atoms with Crippen LogP contribution in [-0.2, 0) is 10.2 Å². The number of para-hydroxylation sites is 1. The van der Waals surface area contributed by atoms with Crippen LogP contribution < -0.4 is 10.6 Å². The Balaban J connectivity index is 1.84. The maximum Gasteiger partial charge on any atom is 0.203 e. The number of likely N-dealkylation sites (N-methyl/N-ethyl adjacent to an activating group) is 1. The molecule has 1 aromatic heterocycles. The minimum absolute atomic E-state index is 0.0662. The summed E-state index contributed by atoms with van der Waals surface area (Å²) in [6, 6.07) is 8.27. The lowest BCUT2D eigenvalue weighted by molar-refractivity contribution is -0.113. The maximum atomic E-state index is 12.7. The number of ketones is 1. The van der Waals surface area contributed by atoms with Crippen molar-refractivity contribution in [1.82, 2.24) is 10.2 Å². The first-order valence-electron chi connectivity index (χ1n) is 7.65. The van der Waals surface area contributed by atoms with Crippen LogP contribution in [0.2, 0.25) is 0 Å². The first-order chi connectivity index (χ1) is 11.3. The Hall–Kier alpha value is -1.86. The molecule has 24 heavy (non-hydrogen) atoms. The number of hydrogen-bond donors (Lipinski definition) is 1. The normalized spacial score (nSPS) is 18.7. The van der Waals surface area contributed by atoms with E-state index in [1.807, 2.05) is 26.1 Å². The van der Waals surface area contributed by atoms with E-state index >= 15 is 0 Å². The van der Waals surface area contributed by atoms with Crippen molar-refractivity contribution in [2.75, 3.05) is 17.7 Å².